The molecule has 0 bridgehead atoms. The summed E-state index contributed by atoms with van der Waals surface area (Å²) in [5.41, 5.74) is 6.95. The van der Waals surface area contributed by atoms with E-state index in [0.29, 0.717) is 5.69 Å². The van der Waals surface area contributed by atoms with E-state index in [1.807, 2.05) is 19.1 Å². The molecule has 4 nitrogen and oxygen atoms in total. The van der Waals surface area contributed by atoms with Gasteiger partial charge in [0.2, 0.25) is 0 Å². The molecule has 0 saturated carbocycles. The van der Waals surface area contributed by atoms with Crippen LogP contribution < -0.4 is 16.6 Å². The molecule has 0 atom stereocenters. The van der Waals surface area contributed by atoms with Gasteiger partial charge < -0.3 is 5.73 Å². The average molecular weight is 179 g/mol. The summed E-state index contributed by atoms with van der Waals surface area (Å²) in [5.74, 6) is 5.20. The van der Waals surface area contributed by atoms with Gasteiger partial charge in [-0.15, -0.1) is 0 Å². The zero-order valence-corrected chi connectivity index (χ0v) is 7.53. The van der Waals surface area contributed by atoms with Gasteiger partial charge in [-0.25, -0.2) is 10.9 Å². The Labute approximate surface area is 77.1 Å². The lowest BCUT2D eigenvalue weighted by atomic mass is 10.2. The Morgan fingerprint density at radius 3 is 2.38 bits per heavy atom. The number of benzene rings is 1. The third-order valence-electron chi connectivity index (χ3n) is 1.76. The first-order valence-corrected chi connectivity index (χ1v) is 3.99. The van der Waals surface area contributed by atoms with Crippen molar-refractivity contribution in [2.45, 2.75) is 6.92 Å². The van der Waals surface area contributed by atoms with E-state index in [-0.39, 0.29) is 12.5 Å². The predicted molar refractivity (Wildman–Crippen MR) is 51.9 cm³/mol. The van der Waals surface area contributed by atoms with Crippen molar-refractivity contribution < 1.29 is 4.79 Å². The molecule has 0 aliphatic heterocycles. The van der Waals surface area contributed by atoms with Gasteiger partial charge in [0.25, 0.3) is 5.91 Å². The van der Waals surface area contributed by atoms with Gasteiger partial charge in [-0.1, -0.05) is 17.7 Å². The molecule has 0 fully saturated rings. The van der Waals surface area contributed by atoms with Gasteiger partial charge in [0.05, 0.1) is 12.2 Å². The van der Waals surface area contributed by atoms with Gasteiger partial charge in [-0.3, -0.25) is 4.79 Å². The average Bonchev–Trinajstić information content (AvgIpc) is 2.17. The largest absolute Gasteiger partial charge is 0.322 e. The number of anilines is 1. The van der Waals surface area contributed by atoms with Crippen LogP contribution in [0.2, 0.25) is 0 Å². The summed E-state index contributed by atoms with van der Waals surface area (Å²) < 4.78 is 0. The molecule has 1 aromatic rings. The van der Waals surface area contributed by atoms with Crippen molar-refractivity contribution in [1.29, 1.82) is 0 Å². The van der Waals surface area contributed by atoms with E-state index in [4.69, 9.17) is 11.6 Å². The predicted octanol–water partition coefficient (Wildman–Crippen LogP) is 0.160. The fourth-order valence-corrected chi connectivity index (χ4v) is 0.948. The summed E-state index contributed by atoms with van der Waals surface area (Å²) in [4.78, 5) is 11.1. The van der Waals surface area contributed by atoms with Crippen molar-refractivity contribution in [2.24, 2.45) is 11.6 Å². The van der Waals surface area contributed by atoms with E-state index in [2.05, 4.69) is 0 Å². The Kier molecular flexibility index (Phi) is 3.00. The van der Waals surface area contributed by atoms with Crippen LogP contribution in [-0.4, -0.2) is 12.5 Å². The second-order valence-electron chi connectivity index (χ2n) is 2.80. The third-order valence-corrected chi connectivity index (χ3v) is 1.76. The molecule has 4 heteroatoms. The van der Waals surface area contributed by atoms with Crippen LogP contribution in [0.15, 0.2) is 24.3 Å². The van der Waals surface area contributed by atoms with Gasteiger partial charge in [-0.05, 0) is 19.1 Å². The fourth-order valence-electron chi connectivity index (χ4n) is 0.948. The van der Waals surface area contributed by atoms with Crippen LogP contribution >= 0.6 is 0 Å². The monoisotopic (exact) mass is 179 g/mol. The number of nitrogens with two attached hydrogens (primary N) is 2. The number of rotatable bonds is 2. The first-order valence-electron chi connectivity index (χ1n) is 3.99. The minimum atomic E-state index is -0.302. The first kappa shape index (κ1) is 9.70. The SMILES string of the molecule is Cc1ccc(N(N)C(=O)CN)cc1. The molecule has 0 aliphatic rings. The molecule has 13 heavy (non-hydrogen) atoms. The molecule has 1 aromatic carbocycles. The molecule has 4 N–H and O–H groups in total. The maximum absolute atomic E-state index is 11.1. The summed E-state index contributed by atoms with van der Waals surface area (Å²) in [6.07, 6.45) is 0. The normalized spacial score (nSPS) is 9.77. The highest BCUT2D eigenvalue weighted by atomic mass is 16.2. The summed E-state index contributed by atoms with van der Waals surface area (Å²) in [6, 6.07) is 7.34. The van der Waals surface area contributed by atoms with Crippen molar-refractivity contribution in [3.8, 4) is 0 Å². The number of nitrogens with zero attached hydrogens (tertiary/aromatic N) is 1. The van der Waals surface area contributed by atoms with Gasteiger partial charge >= 0.3 is 0 Å². The molecular weight excluding hydrogens is 166 g/mol. The molecule has 0 aromatic heterocycles. The number of aryl methyl sites for hydroxylation is 1. The molecule has 0 saturated heterocycles. The third kappa shape index (κ3) is 2.27. The zero-order chi connectivity index (χ0) is 9.84. The van der Waals surface area contributed by atoms with Gasteiger partial charge in [0.1, 0.15) is 0 Å². The first-order chi connectivity index (χ1) is 6.15. The molecule has 0 aliphatic carbocycles. The molecule has 0 spiro atoms. The highest BCUT2D eigenvalue weighted by molar-refractivity contribution is 5.93. The van der Waals surface area contributed by atoms with E-state index in [0.717, 1.165) is 10.6 Å². The highest BCUT2D eigenvalue weighted by Gasteiger charge is 2.08. The molecule has 0 unspecified atom stereocenters. The molecule has 70 valence electrons. The lowest BCUT2D eigenvalue weighted by Crippen LogP contribution is -2.41. The summed E-state index contributed by atoms with van der Waals surface area (Å²) in [7, 11) is 0. The lowest BCUT2D eigenvalue weighted by molar-refractivity contribution is -0.117. The van der Waals surface area contributed by atoms with E-state index in [1.165, 1.54) is 0 Å². The van der Waals surface area contributed by atoms with Crippen LogP contribution in [0.1, 0.15) is 5.56 Å². The van der Waals surface area contributed by atoms with Gasteiger partial charge in [0, 0.05) is 0 Å². The quantitative estimate of drug-likeness (QED) is 0.386. The summed E-state index contributed by atoms with van der Waals surface area (Å²) >= 11 is 0. The standard InChI is InChI=1S/C9H13N3O/c1-7-2-4-8(5-3-7)12(11)9(13)6-10/h2-5H,6,10-11H2,1H3. The number of hydrogen-bond donors (Lipinski definition) is 2. The van der Waals surface area contributed by atoms with Crippen molar-refractivity contribution >= 4 is 11.6 Å². The smallest absolute Gasteiger partial charge is 0.254 e. The number of amides is 1. The van der Waals surface area contributed by atoms with Crippen LogP contribution in [0.4, 0.5) is 5.69 Å². The zero-order valence-electron chi connectivity index (χ0n) is 7.53. The van der Waals surface area contributed by atoms with Crippen molar-refractivity contribution in [3.63, 3.8) is 0 Å². The van der Waals surface area contributed by atoms with Crippen LogP contribution in [-0.2, 0) is 4.79 Å². The Balaban J connectivity index is 2.83. The lowest BCUT2D eigenvalue weighted by Gasteiger charge is -2.15. The Morgan fingerprint density at radius 2 is 1.92 bits per heavy atom. The van der Waals surface area contributed by atoms with Gasteiger partial charge in [0.15, 0.2) is 0 Å². The number of carbonyl (C=O) groups excluding carboxylic acids is 1. The second-order valence-corrected chi connectivity index (χ2v) is 2.80. The fraction of sp³-hybridized carbons (Fsp3) is 0.222. The summed E-state index contributed by atoms with van der Waals surface area (Å²) in [5, 5.41) is 1.06. The Hall–Kier alpha value is -1.39. The van der Waals surface area contributed by atoms with Crippen LogP contribution in [0.3, 0.4) is 0 Å². The van der Waals surface area contributed by atoms with Crippen LogP contribution in [0, 0.1) is 6.92 Å². The molecule has 1 rings (SSSR count). The van der Waals surface area contributed by atoms with Crippen molar-refractivity contribution in [2.75, 3.05) is 11.6 Å². The van der Waals surface area contributed by atoms with E-state index in [9.17, 15) is 4.79 Å². The second kappa shape index (κ2) is 4.02. The van der Waals surface area contributed by atoms with Crippen molar-refractivity contribution in [3.05, 3.63) is 29.8 Å². The number of carbonyl (C=O) groups is 1. The Bertz CT molecular complexity index is 294. The topological polar surface area (TPSA) is 72.3 Å². The minimum Gasteiger partial charge on any atom is -0.322 e. The molecule has 0 heterocycles. The van der Waals surface area contributed by atoms with Crippen LogP contribution in [0.5, 0.6) is 0 Å². The maximum Gasteiger partial charge on any atom is 0.254 e. The van der Waals surface area contributed by atoms with E-state index < -0.39 is 0 Å². The van der Waals surface area contributed by atoms with Gasteiger partial charge in [-0.2, -0.15) is 0 Å². The van der Waals surface area contributed by atoms with E-state index >= 15 is 0 Å². The Morgan fingerprint density at radius 1 is 1.38 bits per heavy atom. The molecule has 0 radical (unpaired) electrons. The van der Waals surface area contributed by atoms with Crippen molar-refractivity contribution in [1.82, 2.24) is 0 Å². The minimum absolute atomic E-state index is 0.0790. The number of hydrogen-bond acceptors (Lipinski definition) is 3. The maximum atomic E-state index is 11.1. The highest BCUT2D eigenvalue weighted by Crippen LogP contribution is 2.11. The summed E-state index contributed by atoms with van der Waals surface area (Å²) in [6.45, 7) is 1.89. The van der Waals surface area contributed by atoms with E-state index in [1.54, 1.807) is 12.1 Å². The molecular formula is C9H13N3O. The number of hydrazine groups is 1. The molecule has 1 amide bonds. The van der Waals surface area contributed by atoms with Crippen LogP contribution in [0.25, 0.3) is 0 Å².